The van der Waals surface area contributed by atoms with Crippen molar-refractivity contribution in [2.45, 2.75) is 32.2 Å². The van der Waals surface area contributed by atoms with Crippen LogP contribution in [0.3, 0.4) is 0 Å². The van der Waals surface area contributed by atoms with Crippen molar-refractivity contribution >= 4 is 11.3 Å². The smallest absolute Gasteiger partial charge is 0.110 e. The second kappa shape index (κ2) is 3.15. The molecule has 12 heavy (non-hydrogen) atoms. The number of hydrogen-bond donors (Lipinski definition) is 1. The zero-order chi connectivity index (χ0) is 8.55. The van der Waals surface area contributed by atoms with Crippen LogP contribution in [0.4, 0.5) is 0 Å². The summed E-state index contributed by atoms with van der Waals surface area (Å²) < 4.78 is 0. The summed E-state index contributed by atoms with van der Waals surface area (Å²) in [5.41, 5.74) is 6.02. The summed E-state index contributed by atoms with van der Waals surface area (Å²) in [4.78, 5) is 5.69. The summed E-state index contributed by atoms with van der Waals surface area (Å²) in [5, 5.41) is 1.13. The quantitative estimate of drug-likeness (QED) is 0.777. The lowest BCUT2D eigenvalue weighted by Crippen LogP contribution is -2.11. The summed E-state index contributed by atoms with van der Waals surface area (Å²) in [5.74, 6) is 0.723. The molecule has 1 aliphatic rings. The molecule has 1 fully saturated rings. The molecule has 1 saturated carbocycles. The van der Waals surface area contributed by atoms with Gasteiger partial charge in [-0.2, -0.15) is 0 Å². The molecule has 1 aliphatic carbocycles. The Morgan fingerprint density at radius 2 is 2.50 bits per heavy atom. The topological polar surface area (TPSA) is 38.9 Å². The molecule has 1 aromatic heterocycles. The Morgan fingerprint density at radius 1 is 1.75 bits per heavy atom. The third kappa shape index (κ3) is 1.52. The lowest BCUT2D eigenvalue weighted by molar-refractivity contribution is 0.629. The average Bonchev–Trinajstić information content (AvgIpc) is 2.82. The van der Waals surface area contributed by atoms with Crippen LogP contribution in [0, 0.1) is 5.92 Å². The molecule has 1 aromatic rings. The van der Waals surface area contributed by atoms with E-state index in [1.165, 1.54) is 17.7 Å². The van der Waals surface area contributed by atoms with Gasteiger partial charge in [0.1, 0.15) is 5.01 Å². The molecule has 0 amide bonds. The van der Waals surface area contributed by atoms with E-state index < -0.39 is 0 Å². The van der Waals surface area contributed by atoms with E-state index in [1.54, 1.807) is 11.3 Å². The fourth-order valence-electron chi connectivity index (χ4n) is 1.30. The Kier molecular flexibility index (Phi) is 2.15. The second-order valence-corrected chi connectivity index (χ2v) is 4.53. The summed E-state index contributed by atoms with van der Waals surface area (Å²) in [6.07, 6.45) is 5.63. The van der Waals surface area contributed by atoms with E-state index in [9.17, 15) is 0 Å². The predicted molar refractivity (Wildman–Crippen MR) is 51.1 cm³/mol. The molecular formula is C9H14N2S. The molecule has 0 aromatic carbocycles. The molecular weight excluding hydrogens is 168 g/mol. The first kappa shape index (κ1) is 8.20. The van der Waals surface area contributed by atoms with Crippen LogP contribution >= 0.6 is 11.3 Å². The Labute approximate surface area is 76.8 Å². The number of aromatic nitrogens is 1. The first-order valence-corrected chi connectivity index (χ1v) is 5.33. The van der Waals surface area contributed by atoms with E-state index in [0.717, 1.165) is 17.3 Å². The van der Waals surface area contributed by atoms with Gasteiger partial charge in [0.2, 0.25) is 0 Å². The van der Waals surface area contributed by atoms with E-state index in [1.807, 2.05) is 6.20 Å². The average molecular weight is 182 g/mol. The normalized spacial score (nSPS) is 19.5. The fourth-order valence-corrected chi connectivity index (χ4v) is 2.25. The Bertz CT molecular complexity index is 265. The molecule has 1 heterocycles. The van der Waals surface area contributed by atoms with Crippen LogP contribution in [0.25, 0.3) is 0 Å². The van der Waals surface area contributed by atoms with Crippen LogP contribution in [0.15, 0.2) is 6.20 Å². The molecule has 2 N–H and O–H groups in total. The van der Waals surface area contributed by atoms with Crippen molar-refractivity contribution in [2.24, 2.45) is 11.7 Å². The van der Waals surface area contributed by atoms with Gasteiger partial charge < -0.3 is 5.73 Å². The number of aryl methyl sites for hydroxylation is 1. The zero-order valence-electron chi connectivity index (χ0n) is 7.29. The van der Waals surface area contributed by atoms with Gasteiger partial charge in [-0.05, 0) is 25.2 Å². The largest absolute Gasteiger partial charge is 0.322 e. The van der Waals surface area contributed by atoms with Gasteiger partial charge in [0.15, 0.2) is 0 Å². The maximum Gasteiger partial charge on any atom is 0.110 e. The molecule has 0 saturated heterocycles. The van der Waals surface area contributed by atoms with E-state index in [4.69, 9.17) is 5.73 Å². The molecule has 0 bridgehead atoms. The molecule has 2 nitrogen and oxygen atoms in total. The molecule has 1 unspecified atom stereocenters. The number of nitrogens with two attached hydrogens (primary N) is 1. The highest BCUT2D eigenvalue weighted by Crippen LogP contribution is 2.40. The second-order valence-electron chi connectivity index (χ2n) is 3.38. The van der Waals surface area contributed by atoms with Crippen molar-refractivity contribution in [3.05, 3.63) is 16.1 Å². The summed E-state index contributed by atoms with van der Waals surface area (Å²) in [6, 6.07) is 0.218. The maximum absolute atomic E-state index is 6.02. The van der Waals surface area contributed by atoms with Gasteiger partial charge in [0, 0.05) is 11.1 Å². The molecule has 0 spiro atoms. The number of rotatable bonds is 3. The lowest BCUT2D eigenvalue weighted by Gasteiger charge is -2.03. The summed E-state index contributed by atoms with van der Waals surface area (Å²) in [6.45, 7) is 2.15. The number of hydrogen-bond acceptors (Lipinski definition) is 3. The van der Waals surface area contributed by atoms with Gasteiger partial charge in [-0.3, -0.25) is 0 Å². The van der Waals surface area contributed by atoms with Crippen molar-refractivity contribution in [1.29, 1.82) is 0 Å². The van der Waals surface area contributed by atoms with Crippen LogP contribution in [0.5, 0.6) is 0 Å². The molecule has 2 rings (SSSR count). The third-order valence-electron chi connectivity index (χ3n) is 2.33. The van der Waals surface area contributed by atoms with Gasteiger partial charge in [-0.25, -0.2) is 4.98 Å². The predicted octanol–water partition coefficient (Wildman–Crippen LogP) is 2.12. The van der Waals surface area contributed by atoms with Gasteiger partial charge >= 0.3 is 0 Å². The SMILES string of the molecule is CCc1cnc(C(N)C2CC2)s1. The van der Waals surface area contributed by atoms with Gasteiger partial charge in [0.25, 0.3) is 0 Å². The highest BCUT2D eigenvalue weighted by molar-refractivity contribution is 7.11. The van der Waals surface area contributed by atoms with Gasteiger partial charge in [-0.15, -0.1) is 11.3 Å². The molecule has 66 valence electrons. The number of nitrogens with zero attached hydrogens (tertiary/aromatic N) is 1. The van der Waals surface area contributed by atoms with Gasteiger partial charge in [0.05, 0.1) is 6.04 Å². The lowest BCUT2D eigenvalue weighted by atomic mass is 10.2. The minimum Gasteiger partial charge on any atom is -0.322 e. The molecule has 0 aliphatic heterocycles. The van der Waals surface area contributed by atoms with Crippen LogP contribution in [0.1, 0.15) is 35.7 Å². The molecule has 0 radical (unpaired) electrons. The van der Waals surface area contributed by atoms with Crippen molar-refractivity contribution in [2.75, 3.05) is 0 Å². The monoisotopic (exact) mass is 182 g/mol. The summed E-state index contributed by atoms with van der Waals surface area (Å²) >= 11 is 1.77. The summed E-state index contributed by atoms with van der Waals surface area (Å²) in [7, 11) is 0. The minimum absolute atomic E-state index is 0.218. The van der Waals surface area contributed by atoms with E-state index >= 15 is 0 Å². The first-order chi connectivity index (χ1) is 5.81. The van der Waals surface area contributed by atoms with Crippen molar-refractivity contribution in [1.82, 2.24) is 4.98 Å². The standard InChI is InChI=1S/C9H14N2S/c1-2-7-5-11-9(12-7)8(10)6-3-4-6/h5-6,8H,2-4,10H2,1H3. The van der Waals surface area contributed by atoms with E-state index in [2.05, 4.69) is 11.9 Å². The van der Waals surface area contributed by atoms with Crippen LogP contribution in [0.2, 0.25) is 0 Å². The van der Waals surface area contributed by atoms with Crippen LogP contribution in [-0.4, -0.2) is 4.98 Å². The Balaban J connectivity index is 2.10. The fraction of sp³-hybridized carbons (Fsp3) is 0.667. The van der Waals surface area contributed by atoms with Crippen LogP contribution < -0.4 is 5.73 Å². The Hall–Kier alpha value is -0.410. The highest BCUT2D eigenvalue weighted by Gasteiger charge is 2.31. The highest BCUT2D eigenvalue weighted by atomic mass is 32.1. The molecule has 3 heteroatoms. The van der Waals surface area contributed by atoms with Crippen LogP contribution in [-0.2, 0) is 6.42 Å². The minimum atomic E-state index is 0.218. The Morgan fingerprint density at radius 3 is 3.00 bits per heavy atom. The van der Waals surface area contributed by atoms with Crippen molar-refractivity contribution < 1.29 is 0 Å². The van der Waals surface area contributed by atoms with E-state index in [0.29, 0.717) is 0 Å². The number of thiazole rings is 1. The van der Waals surface area contributed by atoms with Crippen molar-refractivity contribution in [3.8, 4) is 0 Å². The first-order valence-electron chi connectivity index (χ1n) is 4.51. The third-order valence-corrected chi connectivity index (χ3v) is 3.58. The van der Waals surface area contributed by atoms with E-state index in [-0.39, 0.29) is 6.04 Å². The maximum atomic E-state index is 6.02. The van der Waals surface area contributed by atoms with Crippen molar-refractivity contribution in [3.63, 3.8) is 0 Å². The zero-order valence-corrected chi connectivity index (χ0v) is 8.10. The van der Waals surface area contributed by atoms with Gasteiger partial charge in [-0.1, -0.05) is 6.92 Å². The molecule has 1 atom stereocenters.